The van der Waals surface area contributed by atoms with Gasteiger partial charge in [0.1, 0.15) is 23.3 Å². The molecule has 0 aliphatic rings. The number of halogens is 4. The van der Waals surface area contributed by atoms with E-state index >= 15 is 0 Å². The first kappa shape index (κ1) is 24.5. The molecule has 6 nitrogen and oxygen atoms in total. The summed E-state index contributed by atoms with van der Waals surface area (Å²) in [5, 5.41) is 6.88. The maximum Gasteiger partial charge on any atom is 0.416 e. The Kier molecular flexibility index (Phi) is 6.87. The van der Waals surface area contributed by atoms with E-state index in [1.165, 1.54) is 18.5 Å². The van der Waals surface area contributed by atoms with Crippen LogP contribution in [0.1, 0.15) is 5.56 Å². The largest absolute Gasteiger partial charge is 0.456 e. The van der Waals surface area contributed by atoms with E-state index in [1.807, 2.05) is 42.6 Å². The van der Waals surface area contributed by atoms with Crippen LogP contribution in [0.2, 0.25) is 5.02 Å². The second kappa shape index (κ2) is 10.4. The summed E-state index contributed by atoms with van der Waals surface area (Å²) in [4.78, 5) is 8.76. The highest BCUT2D eigenvalue weighted by molar-refractivity contribution is 6.32. The van der Waals surface area contributed by atoms with Crippen molar-refractivity contribution in [1.82, 2.24) is 14.5 Å². The van der Waals surface area contributed by atoms with E-state index in [4.69, 9.17) is 16.3 Å². The van der Waals surface area contributed by atoms with E-state index in [2.05, 4.69) is 25.2 Å². The molecule has 0 aliphatic heterocycles. The lowest BCUT2D eigenvalue weighted by atomic mass is 10.2. The molecule has 0 aliphatic carbocycles. The smallest absolute Gasteiger partial charge is 0.416 e. The number of aromatic nitrogens is 3. The molecular weight excluding hydrogens is 503 g/mol. The number of hydrogen-bond donors (Lipinski definition) is 2. The lowest BCUT2D eigenvalue weighted by Crippen LogP contribution is -2.10. The van der Waals surface area contributed by atoms with Crippen molar-refractivity contribution in [3.63, 3.8) is 0 Å². The van der Waals surface area contributed by atoms with Gasteiger partial charge in [-0.2, -0.15) is 13.2 Å². The van der Waals surface area contributed by atoms with Crippen molar-refractivity contribution in [3.8, 4) is 11.5 Å². The zero-order valence-corrected chi connectivity index (χ0v) is 20.1. The van der Waals surface area contributed by atoms with Gasteiger partial charge < -0.3 is 19.9 Å². The van der Waals surface area contributed by atoms with Crippen LogP contribution in [0.25, 0.3) is 11.0 Å². The van der Waals surface area contributed by atoms with Gasteiger partial charge in [-0.1, -0.05) is 35.9 Å². The highest BCUT2D eigenvalue weighted by atomic mass is 35.5. The van der Waals surface area contributed by atoms with Crippen LogP contribution in [-0.4, -0.2) is 21.1 Å². The van der Waals surface area contributed by atoms with Crippen molar-refractivity contribution in [2.45, 2.75) is 12.7 Å². The van der Waals surface area contributed by atoms with Crippen molar-refractivity contribution in [1.29, 1.82) is 0 Å². The molecule has 0 bridgehead atoms. The topological polar surface area (TPSA) is 64.0 Å². The van der Waals surface area contributed by atoms with Gasteiger partial charge in [-0.05, 0) is 54.6 Å². The van der Waals surface area contributed by atoms with E-state index in [1.54, 1.807) is 18.2 Å². The maximum absolute atomic E-state index is 13.0. The summed E-state index contributed by atoms with van der Waals surface area (Å²) in [5.74, 6) is 0.865. The minimum atomic E-state index is -4.46. The number of rotatable bonds is 8. The molecule has 3 aromatic carbocycles. The highest BCUT2D eigenvalue weighted by Gasteiger charge is 2.30. The number of ether oxygens (including phenoxy) is 1. The second-order valence-electron chi connectivity index (χ2n) is 8.16. The molecule has 0 amide bonds. The first-order valence-electron chi connectivity index (χ1n) is 11.4. The van der Waals surface area contributed by atoms with Crippen LogP contribution in [0.5, 0.6) is 11.5 Å². The Balaban J connectivity index is 1.32. The number of para-hydroxylation sites is 1. The number of nitrogens with one attached hydrogen (secondary N) is 2. The van der Waals surface area contributed by atoms with Crippen molar-refractivity contribution in [2.24, 2.45) is 0 Å². The van der Waals surface area contributed by atoms with Crippen LogP contribution in [0.4, 0.5) is 30.4 Å². The molecule has 5 rings (SSSR count). The van der Waals surface area contributed by atoms with Gasteiger partial charge in [0, 0.05) is 30.7 Å². The van der Waals surface area contributed by atoms with Crippen LogP contribution >= 0.6 is 11.6 Å². The van der Waals surface area contributed by atoms with Gasteiger partial charge in [0.15, 0.2) is 5.82 Å². The van der Waals surface area contributed by atoms with Crippen molar-refractivity contribution < 1.29 is 17.9 Å². The van der Waals surface area contributed by atoms with Crippen molar-refractivity contribution in [3.05, 3.63) is 102 Å². The molecular formula is C27H21ClF3N5O. The maximum atomic E-state index is 13.0. The molecule has 0 atom stereocenters. The predicted octanol–water partition coefficient (Wildman–Crippen LogP) is 7.75. The molecule has 10 heteroatoms. The summed E-state index contributed by atoms with van der Waals surface area (Å²) in [5.41, 5.74) is 2.49. The zero-order valence-electron chi connectivity index (χ0n) is 19.3. The van der Waals surface area contributed by atoms with Crippen LogP contribution in [0.15, 0.2) is 91.4 Å². The molecule has 0 fully saturated rings. The van der Waals surface area contributed by atoms with Gasteiger partial charge in [0.25, 0.3) is 0 Å². The molecule has 0 saturated carbocycles. The van der Waals surface area contributed by atoms with Gasteiger partial charge in [-0.15, -0.1) is 0 Å². The minimum Gasteiger partial charge on any atom is -0.456 e. The van der Waals surface area contributed by atoms with Crippen LogP contribution in [-0.2, 0) is 12.7 Å². The molecule has 188 valence electrons. The molecule has 0 unspecified atom stereocenters. The summed E-state index contributed by atoms with van der Waals surface area (Å²) >= 11 is 6.40. The Labute approximate surface area is 215 Å². The predicted molar refractivity (Wildman–Crippen MR) is 139 cm³/mol. The third kappa shape index (κ3) is 5.78. The summed E-state index contributed by atoms with van der Waals surface area (Å²) in [6.45, 7) is 1.39. The van der Waals surface area contributed by atoms with Gasteiger partial charge in [-0.25, -0.2) is 9.97 Å². The lowest BCUT2D eigenvalue weighted by molar-refractivity contribution is -0.137. The Hall–Kier alpha value is -4.24. The van der Waals surface area contributed by atoms with Gasteiger partial charge in [0.05, 0.1) is 16.1 Å². The monoisotopic (exact) mass is 523 g/mol. The molecule has 2 N–H and O–H groups in total. The highest BCUT2D eigenvalue weighted by Crippen LogP contribution is 2.36. The lowest BCUT2D eigenvalue weighted by Gasteiger charge is -2.14. The van der Waals surface area contributed by atoms with Gasteiger partial charge in [0.2, 0.25) is 0 Å². The second-order valence-corrected chi connectivity index (χ2v) is 8.56. The normalized spacial score (nSPS) is 11.5. The Bertz CT molecular complexity index is 1520. The number of hydrogen-bond acceptors (Lipinski definition) is 5. The fourth-order valence-electron chi connectivity index (χ4n) is 3.85. The molecule has 37 heavy (non-hydrogen) atoms. The summed E-state index contributed by atoms with van der Waals surface area (Å²) in [6.07, 6.45) is -1.03. The zero-order chi connectivity index (χ0) is 25.8. The van der Waals surface area contributed by atoms with E-state index in [9.17, 15) is 13.2 Å². The Morgan fingerprint density at radius 3 is 2.51 bits per heavy atom. The first-order chi connectivity index (χ1) is 17.9. The first-order valence-corrected chi connectivity index (χ1v) is 11.7. The Morgan fingerprint density at radius 1 is 0.892 bits per heavy atom. The number of benzene rings is 3. The van der Waals surface area contributed by atoms with E-state index in [-0.39, 0.29) is 16.5 Å². The third-order valence-electron chi connectivity index (χ3n) is 5.59. The van der Waals surface area contributed by atoms with Crippen LogP contribution in [0.3, 0.4) is 0 Å². The number of fused-ring (bicyclic) bond motifs is 1. The summed E-state index contributed by atoms with van der Waals surface area (Å²) in [7, 11) is 0. The number of alkyl halides is 3. The molecule has 2 heterocycles. The summed E-state index contributed by atoms with van der Waals surface area (Å²) in [6, 6.07) is 21.4. The standard InChI is InChI=1S/C27H21ClF3N5O/c28-22-16-20(9-10-24(22)37-21-8-4-5-18(15-21)27(29,30)31)35-26-25-23(33-17-34-26)11-13-36(25)14-12-32-19-6-2-1-3-7-19/h1-11,13,15-17,32H,12,14H2,(H,33,34,35). The van der Waals surface area contributed by atoms with Crippen LogP contribution in [0, 0.1) is 0 Å². The van der Waals surface area contributed by atoms with Crippen LogP contribution < -0.4 is 15.4 Å². The fourth-order valence-corrected chi connectivity index (χ4v) is 4.07. The SMILES string of the molecule is FC(F)(F)c1cccc(Oc2ccc(Nc3ncnc4ccn(CCNc5ccccc5)c34)cc2Cl)c1. The van der Waals surface area contributed by atoms with E-state index in [0.717, 1.165) is 28.9 Å². The number of nitrogens with zero attached hydrogens (tertiary/aromatic N) is 3. The molecule has 0 spiro atoms. The third-order valence-corrected chi connectivity index (χ3v) is 5.88. The van der Waals surface area contributed by atoms with Crippen molar-refractivity contribution in [2.75, 3.05) is 17.2 Å². The van der Waals surface area contributed by atoms with E-state index < -0.39 is 11.7 Å². The molecule has 2 aromatic heterocycles. The molecule has 5 aromatic rings. The average molecular weight is 524 g/mol. The molecule has 0 radical (unpaired) electrons. The quantitative estimate of drug-likeness (QED) is 0.218. The fraction of sp³-hybridized carbons (Fsp3) is 0.111. The van der Waals surface area contributed by atoms with Gasteiger partial charge in [-0.3, -0.25) is 0 Å². The Morgan fingerprint density at radius 2 is 1.73 bits per heavy atom. The van der Waals surface area contributed by atoms with E-state index in [0.29, 0.717) is 24.6 Å². The van der Waals surface area contributed by atoms with Gasteiger partial charge >= 0.3 is 6.18 Å². The average Bonchev–Trinajstić information content (AvgIpc) is 3.30. The van der Waals surface area contributed by atoms with Crippen molar-refractivity contribution >= 4 is 39.8 Å². The molecule has 0 saturated heterocycles. The summed E-state index contributed by atoms with van der Waals surface area (Å²) < 4.78 is 46.7. The minimum absolute atomic E-state index is 0.0388. The number of anilines is 3.